The van der Waals surface area contributed by atoms with E-state index in [1.165, 1.54) is 11.1 Å². The molecule has 2 nitrogen and oxygen atoms in total. The van der Waals surface area contributed by atoms with Crippen molar-refractivity contribution in [2.45, 2.75) is 39.2 Å². The van der Waals surface area contributed by atoms with Gasteiger partial charge in [0.2, 0.25) is 0 Å². The summed E-state index contributed by atoms with van der Waals surface area (Å²) in [6, 6.07) is 16.3. The molecule has 0 saturated carbocycles. The van der Waals surface area contributed by atoms with E-state index in [1.807, 2.05) is 24.3 Å². The highest BCUT2D eigenvalue weighted by molar-refractivity contribution is 7.80. The topological polar surface area (TPSA) is 24.1 Å². The molecule has 2 aromatic carbocycles. The van der Waals surface area contributed by atoms with Gasteiger partial charge in [0.1, 0.15) is 0 Å². The first-order chi connectivity index (χ1) is 10.8. The van der Waals surface area contributed by atoms with Gasteiger partial charge in [0.05, 0.1) is 16.8 Å². The zero-order valence-electron chi connectivity index (χ0n) is 14.0. The third-order valence-corrected chi connectivity index (χ3v) is 4.30. The quantitative estimate of drug-likeness (QED) is 0.698. The minimum absolute atomic E-state index is 0.117. The molecule has 1 atom stereocenters. The average Bonchev–Trinajstić information content (AvgIpc) is 2.49. The molecule has 0 aliphatic carbocycles. The first kappa shape index (κ1) is 17.8. The molecule has 0 spiro atoms. The molecule has 0 amide bonds. The Morgan fingerprint density at radius 3 is 2.22 bits per heavy atom. The molecule has 0 aliphatic rings. The number of rotatable bonds is 3. The molecule has 4 heteroatoms. The van der Waals surface area contributed by atoms with E-state index in [2.05, 4.69) is 62.6 Å². The normalized spacial score (nSPS) is 12.6. The van der Waals surface area contributed by atoms with Crippen LogP contribution in [0.2, 0.25) is 5.02 Å². The van der Waals surface area contributed by atoms with Crippen molar-refractivity contribution in [1.82, 2.24) is 5.32 Å². The van der Waals surface area contributed by atoms with E-state index in [0.29, 0.717) is 10.1 Å². The van der Waals surface area contributed by atoms with E-state index in [1.54, 1.807) is 0 Å². The Hall–Kier alpha value is -1.58. The molecule has 2 N–H and O–H groups in total. The molecule has 0 bridgehead atoms. The minimum Gasteiger partial charge on any atom is -0.356 e. The lowest BCUT2D eigenvalue weighted by Gasteiger charge is -2.21. The summed E-state index contributed by atoms with van der Waals surface area (Å²) in [7, 11) is 0. The number of benzene rings is 2. The minimum atomic E-state index is 0.117. The van der Waals surface area contributed by atoms with E-state index in [4.69, 9.17) is 23.8 Å². The van der Waals surface area contributed by atoms with Gasteiger partial charge < -0.3 is 10.6 Å². The summed E-state index contributed by atoms with van der Waals surface area (Å²) in [5.41, 5.74) is 3.49. The van der Waals surface area contributed by atoms with Crippen LogP contribution in [0.4, 0.5) is 5.69 Å². The zero-order valence-corrected chi connectivity index (χ0v) is 15.6. The van der Waals surface area contributed by atoms with Gasteiger partial charge >= 0.3 is 0 Å². The Labute approximate surface area is 149 Å². The van der Waals surface area contributed by atoms with Gasteiger partial charge in [-0.1, -0.05) is 68.8 Å². The highest BCUT2D eigenvalue weighted by Crippen LogP contribution is 2.24. The van der Waals surface area contributed by atoms with Gasteiger partial charge in [0, 0.05) is 0 Å². The predicted octanol–water partition coefficient (Wildman–Crippen LogP) is 5.69. The summed E-state index contributed by atoms with van der Waals surface area (Å²) < 4.78 is 0. The third-order valence-electron chi connectivity index (χ3n) is 3.75. The van der Waals surface area contributed by atoms with Crippen LogP contribution < -0.4 is 10.6 Å². The number of hydrogen-bond acceptors (Lipinski definition) is 1. The molecule has 2 aromatic rings. The van der Waals surface area contributed by atoms with Crippen LogP contribution >= 0.6 is 23.8 Å². The third kappa shape index (κ3) is 4.95. The van der Waals surface area contributed by atoms with Crippen LogP contribution in [0.25, 0.3) is 0 Å². The molecular formula is C19H23ClN2S. The highest BCUT2D eigenvalue weighted by atomic mass is 35.5. The van der Waals surface area contributed by atoms with Crippen LogP contribution in [0.5, 0.6) is 0 Å². The lowest BCUT2D eigenvalue weighted by molar-refractivity contribution is 0.589. The average molecular weight is 347 g/mol. The fourth-order valence-electron chi connectivity index (χ4n) is 2.27. The monoisotopic (exact) mass is 346 g/mol. The number of nitrogens with one attached hydrogen (secondary N) is 2. The van der Waals surface area contributed by atoms with Crippen molar-refractivity contribution in [2.75, 3.05) is 5.32 Å². The number of para-hydroxylation sites is 1. The maximum absolute atomic E-state index is 6.13. The predicted molar refractivity (Wildman–Crippen MR) is 104 cm³/mol. The highest BCUT2D eigenvalue weighted by Gasteiger charge is 2.14. The lowest BCUT2D eigenvalue weighted by Crippen LogP contribution is -2.31. The van der Waals surface area contributed by atoms with Crippen molar-refractivity contribution in [2.24, 2.45) is 0 Å². The zero-order chi connectivity index (χ0) is 17.0. The molecule has 0 saturated heterocycles. The Kier molecular flexibility index (Phi) is 5.66. The fourth-order valence-corrected chi connectivity index (χ4v) is 2.74. The van der Waals surface area contributed by atoms with Crippen molar-refractivity contribution in [3.63, 3.8) is 0 Å². The Bertz CT molecular complexity index is 675. The summed E-state index contributed by atoms with van der Waals surface area (Å²) in [4.78, 5) is 0. The Balaban J connectivity index is 2.00. The van der Waals surface area contributed by atoms with Crippen molar-refractivity contribution in [3.05, 3.63) is 64.7 Å². The first-order valence-corrected chi connectivity index (χ1v) is 8.48. The van der Waals surface area contributed by atoms with E-state index >= 15 is 0 Å². The first-order valence-electron chi connectivity index (χ1n) is 7.70. The number of hydrogen-bond donors (Lipinski definition) is 2. The molecule has 0 aliphatic heterocycles. The van der Waals surface area contributed by atoms with Gasteiger partial charge in [0.25, 0.3) is 0 Å². The van der Waals surface area contributed by atoms with E-state index in [9.17, 15) is 0 Å². The van der Waals surface area contributed by atoms with Crippen LogP contribution in [0.15, 0.2) is 48.5 Å². The van der Waals surface area contributed by atoms with Gasteiger partial charge in [-0.25, -0.2) is 0 Å². The molecule has 0 fully saturated rings. The van der Waals surface area contributed by atoms with Crippen LogP contribution in [0.3, 0.4) is 0 Å². The summed E-state index contributed by atoms with van der Waals surface area (Å²) in [5, 5.41) is 7.64. The molecule has 2 rings (SSSR count). The summed E-state index contributed by atoms with van der Waals surface area (Å²) in [6.45, 7) is 8.73. The largest absolute Gasteiger partial charge is 0.356 e. The Morgan fingerprint density at radius 1 is 1.04 bits per heavy atom. The van der Waals surface area contributed by atoms with Crippen molar-refractivity contribution in [1.29, 1.82) is 0 Å². The van der Waals surface area contributed by atoms with Gasteiger partial charge in [-0.2, -0.15) is 0 Å². The molecule has 0 radical (unpaired) electrons. The van der Waals surface area contributed by atoms with Crippen LogP contribution in [-0.2, 0) is 5.41 Å². The molecule has 0 heterocycles. The standard InChI is InChI=1S/C19H23ClN2S/c1-13(14-9-11-15(12-10-14)19(2,3)4)21-18(23)22-17-8-6-5-7-16(17)20/h5-13H,1-4H3,(H2,21,22,23). The molecule has 0 aromatic heterocycles. The fraction of sp³-hybridized carbons (Fsp3) is 0.316. The molecular weight excluding hydrogens is 324 g/mol. The van der Waals surface area contributed by atoms with Gasteiger partial charge in [0.15, 0.2) is 5.11 Å². The van der Waals surface area contributed by atoms with Crippen molar-refractivity contribution >= 4 is 34.6 Å². The summed E-state index contributed by atoms with van der Waals surface area (Å²) in [5.74, 6) is 0. The smallest absolute Gasteiger partial charge is 0.171 e. The van der Waals surface area contributed by atoms with Gasteiger partial charge in [-0.3, -0.25) is 0 Å². The lowest BCUT2D eigenvalue weighted by atomic mass is 9.86. The summed E-state index contributed by atoms with van der Waals surface area (Å²) >= 11 is 11.5. The maximum atomic E-state index is 6.13. The van der Waals surface area contributed by atoms with Crippen LogP contribution in [0.1, 0.15) is 44.9 Å². The maximum Gasteiger partial charge on any atom is 0.171 e. The van der Waals surface area contributed by atoms with E-state index in [-0.39, 0.29) is 11.5 Å². The van der Waals surface area contributed by atoms with Crippen molar-refractivity contribution in [3.8, 4) is 0 Å². The summed E-state index contributed by atoms with van der Waals surface area (Å²) in [6.07, 6.45) is 0. The number of anilines is 1. The molecule has 122 valence electrons. The van der Waals surface area contributed by atoms with Crippen LogP contribution in [0, 0.1) is 0 Å². The SMILES string of the molecule is CC(NC(=S)Nc1ccccc1Cl)c1ccc(C(C)(C)C)cc1. The number of halogens is 1. The second-order valence-corrected chi connectivity index (χ2v) is 7.49. The van der Waals surface area contributed by atoms with Gasteiger partial charge in [-0.05, 0) is 47.8 Å². The van der Waals surface area contributed by atoms with E-state index in [0.717, 1.165) is 5.69 Å². The molecule has 1 unspecified atom stereocenters. The Morgan fingerprint density at radius 2 is 1.65 bits per heavy atom. The second kappa shape index (κ2) is 7.33. The van der Waals surface area contributed by atoms with Crippen LogP contribution in [-0.4, -0.2) is 5.11 Å². The van der Waals surface area contributed by atoms with Crippen molar-refractivity contribution < 1.29 is 0 Å². The van der Waals surface area contributed by atoms with E-state index < -0.39 is 0 Å². The van der Waals surface area contributed by atoms with Gasteiger partial charge in [-0.15, -0.1) is 0 Å². The molecule has 23 heavy (non-hydrogen) atoms. The number of thiocarbonyl (C=S) groups is 1. The second-order valence-electron chi connectivity index (χ2n) is 6.67.